The molecule has 0 aliphatic rings. The smallest absolute Gasteiger partial charge is 0.242 e. The van der Waals surface area contributed by atoms with Gasteiger partial charge in [0.1, 0.15) is 4.90 Å². The zero-order valence-electron chi connectivity index (χ0n) is 9.22. The molecule has 1 aromatic heterocycles. The number of hydrogen-bond donors (Lipinski definition) is 1. The Balaban J connectivity index is 2.66. The summed E-state index contributed by atoms with van der Waals surface area (Å²) in [5.74, 6) is 0.845. The second kappa shape index (κ2) is 6.58. The number of pyridine rings is 1. The normalized spacial score (nSPS) is 13.5. The standard InChI is InChI=1S/C9H13BrN2O3S2/c1-2-16(13)4-3-12-17(14,15)9-5-8(10)6-11-7-9/h5-7,12H,2-4H2,1H3. The van der Waals surface area contributed by atoms with Gasteiger partial charge in [0.05, 0.1) is 0 Å². The molecule has 1 unspecified atom stereocenters. The van der Waals surface area contributed by atoms with Crippen molar-refractivity contribution >= 4 is 36.8 Å². The van der Waals surface area contributed by atoms with E-state index in [2.05, 4.69) is 25.6 Å². The lowest BCUT2D eigenvalue weighted by Gasteiger charge is -2.06. The number of nitrogens with one attached hydrogen (secondary N) is 1. The Labute approximate surface area is 112 Å². The van der Waals surface area contributed by atoms with Crippen LogP contribution in [-0.4, -0.2) is 35.7 Å². The fourth-order valence-corrected chi connectivity index (χ4v) is 3.34. The van der Waals surface area contributed by atoms with Crippen molar-refractivity contribution in [3.05, 3.63) is 22.9 Å². The van der Waals surface area contributed by atoms with E-state index < -0.39 is 20.8 Å². The van der Waals surface area contributed by atoms with Gasteiger partial charge in [-0.15, -0.1) is 0 Å². The molecule has 0 radical (unpaired) electrons. The summed E-state index contributed by atoms with van der Waals surface area (Å²) in [5.41, 5.74) is 0. The molecule has 17 heavy (non-hydrogen) atoms. The van der Waals surface area contributed by atoms with Crippen LogP contribution >= 0.6 is 15.9 Å². The molecule has 0 amide bonds. The Morgan fingerprint density at radius 1 is 1.47 bits per heavy atom. The number of nitrogens with zero attached hydrogens (tertiary/aromatic N) is 1. The van der Waals surface area contributed by atoms with Crippen LogP contribution in [0.3, 0.4) is 0 Å². The molecule has 1 heterocycles. The quantitative estimate of drug-likeness (QED) is 0.834. The molecule has 0 aliphatic carbocycles. The third kappa shape index (κ3) is 4.82. The minimum Gasteiger partial charge on any atom is -0.262 e. The van der Waals surface area contributed by atoms with Gasteiger partial charge in [0, 0.05) is 45.7 Å². The molecule has 1 aromatic rings. The Hall–Kier alpha value is -0.310. The van der Waals surface area contributed by atoms with Crippen LogP contribution in [0, 0.1) is 0 Å². The summed E-state index contributed by atoms with van der Waals surface area (Å²) < 4.78 is 37.7. The average molecular weight is 341 g/mol. The lowest BCUT2D eigenvalue weighted by molar-refractivity contribution is 0.583. The minimum atomic E-state index is -3.56. The van der Waals surface area contributed by atoms with Gasteiger partial charge >= 0.3 is 0 Å². The van der Waals surface area contributed by atoms with Crippen molar-refractivity contribution in [2.24, 2.45) is 0 Å². The van der Waals surface area contributed by atoms with Crippen LogP contribution < -0.4 is 4.72 Å². The van der Waals surface area contributed by atoms with Crippen LogP contribution in [0.25, 0.3) is 0 Å². The van der Waals surface area contributed by atoms with E-state index in [1.165, 1.54) is 18.5 Å². The van der Waals surface area contributed by atoms with Crippen molar-refractivity contribution in [2.45, 2.75) is 11.8 Å². The Kier molecular flexibility index (Phi) is 5.71. The fourth-order valence-electron chi connectivity index (χ4n) is 1.06. The molecule has 0 saturated heterocycles. The Morgan fingerprint density at radius 3 is 2.76 bits per heavy atom. The Morgan fingerprint density at radius 2 is 2.18 bits per heavy atom. The van der Waals surface area contributed by atoms with Crippen molar-refractivity contribution < 1.29 is 12.6 Å². The van der Waals surface area contributed by atoms with Gasteiger partial charge in [0.2, 0.25) is 10.0 Å². The lowest BCUT2D eigenvalue weighted by atomic mass is 10.5. The second-order valence-electron chi connectivity index (χ2n) is 3.17. The first kappa shape index (κ1) is 14.7. The van der Waals surface area contributed by atoms with Crippen LogP contribution in [-0.2, 0) is 20.8 Å². The predicted molar refractivity (Wildman–Crippen MR) is 70.7 cm³/mol. The molecule has 1 atom stereocenters. The molecule has 0 aromatic carbocycles. The highest BCUT2D eigenvalue weighted by atomic mass is 79.9. The van der Waals surface area contributed by atoms with E-state index in [0.717, 1.165) is 0 Å². The summed E-state index contributed by atoms with van der Waals surface area (Å²) in [7, 11) is -4.54. The first-order valence-electron chi connectivity index (χ1n) is 4.91. The van der Waals surface area contributed by atoms with Gasteiger partial charge in [-0.3, -0.25) is 9.19 Å². The molecule has 0 bridgehead atoms. The van der Waals surface area contributed by atoms with Crippen molar-refractivity contribution in [1.29, 1.82) is 0 Å². The number of sulfonamides is 1. The van der Waals surface area contributed by atoms with Gasteiger partial charge in [-0.2, -0.15) is 0 Å². The van der Waals surface area contributed by atoms with E-state index in [1.807, 2.05) is 0 Å². The van der Waals surface area contributed by atoms with Gasteiger partial charge in [0.15, 0.2) is 0 Å². The third-order valence-corrected chi connectivity index (χ3v) is 5.10. The van der Waals surface area contributed by atoms with Gasteiger partial charge in [-0.05, 0) is 22.0 Å². The third-order valence-electron chi connectivity index (χ3n) is 1.93. The van der Waals surface area contributed by atoms with Crippen LogP contribution in [0.4, 0.5) is 0 Å². The van der Waals surface area contributed by atoms with E-state index in [1.54, 1.807) is 6.92 Å². The molecule has 0 aliphatic heterocycles. The van der Waals surface area contributed by atoms with Gasteiger partial charge in [-0.25, -0.2) is 13.1 Å². The van der Waals surface area contributed by atoms with E-state index in [0.29, 0.717) is 16.0 Å². The van der Waals surface area contributed by atoms with Crippen LogP contribution in [0.1, 0.15) is 6.92 Å². The lowest BCUT2D eigenvalue weighted by Crippen LogP contribution is -2.28. The average Bonchev–Trinajstić information content (AvgIpc) is 2.28. The Bertz CT molecular complexity index is 505. The highest BCUT2D eigenvalue weighted by Gasteiger charge is 2.14. The van der Waals surface area contributed by atoms with E-state index in [4.69, 9.17) is 0 Å². The largest absolute Gasteiger partial charge is 0.262 e. The number of halogens is 1. The van der Waals surface area contributed by atoms with Crippen LogP contribution in [0.15, 0.2) is 27.8 Å². The molecular formula is C9H13BrN2O3S2. The summed E-state index contributed by atoms with van der Waals surface area (Å²) >= 11 is 3.15. The van der Waals surface area contributed by atoms with Gasteiger partial charge in [0.25, 0.3) is 0 Å². The molecule has 0 fully saturated rings. The fraction of sp³-hybridized carbons (Fsp3) is 0.444. The predicted octanol–water partition coefficient (Wildman–Crippen LogP) is 0.891. The summed E-state index contributed by atoms with van der Waals surface area (Å²) in [6.45, 7) is 1.96. The maximum Gasteiger partial charge on any atom is 0.242 e. The molecule has 8 heteroatoms. The molecule has 96 valence electrons. The van der Waals surface area contributed by atoms with E-state index in [-0.39, 0.29) is 11.4 Å². The highest BCUT2D eigenvalue weighted by molar-refractivity contribution is 9.10. The molecule has 5 nitrogen and oxygen atoms in total. The zero-order chi connectivity index (χ0) is 12.9. The topological polar surface area (TPSA) is 76.1 Å². The summed E-state index contributed by atoms with van der Waals surface area (Å²) in [6, 6.07) is 1.46. The molecule has 1 N–H and O–H groups in total. The summed E-state index contributed by atoms with van der Waals surface area (Å²) in [6.07, 6.45) is 2.77. The molecule has 0 spiro atoms. The highest BCUT2D eigenvalue weighted by Crippen LogP contribution is 2.13. The van der Waals surface area contributed by atoms with E-state index in [9.17, 15) is 12.6 Å². The maximum atomic E-state index is 11.8. The molecule has 1 rings (SSSR count). The number of rotatable bonds is 6. The SMILES string of the molecule is CCS(=O)CCNS(=O)(=O)c1cncc(Br)c1. The van der Waals surface area contributed by atoms with Crippen LogP contribution in [0.5, 0.6) is 0 Å². The monoisotopic (exact) mass is 340 g/mol. The zero-order valence-corrected chi connectivity index (χ0v) is 12.4. The first-order valence-corrected chi connectivity index (χ1v) is 8.67. The van der Waals surface area contributed by atoms with Gasteiger partial charge < -0.3 is 0 Å². The van der Waals surface area contributed by atoms with Crippen molar-refractivity contribution in [3.8, 4) is 0 Å². The van der Waals surface area contributed by atoms with E-state index >= 15 is 0 Å². The van der Waals surface area contributed by atoms with Gasteiger partial charge in [-0.1, -0.05) is 6.92 Å². The van der Waals surface area contributed by atoms with Crippen molar-refractivity contribution in [1.82, 2.24) is 9.71 Å². The molecular weight excluding hydrogens is 328 g/mol. The molecule has 0 saturated carbocycles. The number of hydrogen-bond acceptors (Lipinski definition) is 4. The van der Waals surface area contributed by atoms with Crippen LogP contribution in [0.2, 0.25) is 0 Å². The minimum absolute atomic E-state index is 0.0918. The first-order chi connectivity index (χ1) is 7.95. The summed E-state index contributed by atoms with van der Waals surface area (Å²) in [5, 5.41) is 0. The van der Waals surface area contributed by atoms with Crippen molar-refractivity contribution in [2.75, 3.05) is 18.1 Å². The summed E-state index contributed by atoms with van der Waals surface area (Å²) in [4.78, 5) is 3.88. The van der Waals surface area contributed by atoms with Crippen molar-refractivity contribution in [3.63, 3.8) is 0 Å². The maximum absolute atomic E-state index is 11.8. The number of aromatic nitrogens is 1. The second-order valence-corrected chi connectivity index (χ2v) is 7.72.